The van der Waals surface area contributed by atoms with E-state index in [1.807, 2.05) is 0 Å². The maximum absolute atomic E-state index is 13.6. The van der Waals surface area contributed by atoms with Gasteiger partial charge in [-0.25, -0.2) is 18.4 Å². The van der Waals surface area contributed by atoms with Crippen molar-refractivity contribution in [2.45, 2.75) is 45.8 Å². The zero-order valence-electron chi connectivity index (χ0n) is 13.9. The van der Waals surface area contributed by atoms with Gasteiger partial charge in [-0.2, -0.15) is 0 Å². The first-order chi connectivity index (χ1) is 11.1. The van der Waals surface area contributed by atoms with Gasteiger partial charge < -0.3 is 15.4 Å². The van der Waals surface area contributed by atoms with E-state index in [0.29, 0.717) is 11.3 Å². The molecule has 2 N–H and O–H groups in total. The van der Waals surface area contributed by atoms with Gasteiger partial charge in [-0.1, -0.05) is 18.2 Å². The molecule has 1 aromatic rings. The SMILES string of the molecule is CC1=C(C(=O)OC(C)C)C(c2cccc(C(C)(F)F)c2)NC(=O)N1. The summed E-state index contributed by atoms with van der Waals surface area (Å²) in [6.07, 6.45) is -0.345. The minimum atomic E-state index is -3.02. The van der Waals surface area contributed by atoms with Crippen molar-refractivity contribution in [1.29, 1.82) is 0 Å². The molecule has 1 atom stereocenters. The normalized spacial score (nSPS) is 18.3. The highest BCUT2D eigenvalue weighted by Crippen LogP contribution is 2.32. The summed E-state index contributed by atoms with van der Waals surface area (Å²) in [7, 11) is 0. The topological polar surface area (TPSA) is 67.4 Å². The lowest BCUT2D eigenvalue weighted by Crippen LogP contribution is -2.45. The van der Waals surface area contributed by atoms with Crippen LogP contribution in [0.1, 0.15) is 44.9 Å². The Kier molecular flexibility index (Phi) is 4.91. The van der Waals surface area contributed by atoms with Crippen LogP contribution in [0.25, 0.3) is 0 Å². The van der Waals surface area contributed by atoms with E-state index in [1.54, 1.807) is 26.8 Å². The van der Waals surface area contributed by atoms with Gasteiger partial charge in [-0.3, -0.25) is 0 Å². The van der Waals surface area contributed by atoms with Crippen molar-refractivity contribution < 1.29 is 23.1 Å². The molecule has 7 heteroatoms. The molecule has 0 spiro atoms. The Bertz CT molecular complexity index is 693. The molecule has 0 saturated heterocycles. The summed E-state index contributed by atoms with van der Waals surface area (Å²) in [5, 5.41) is 5.10. The minimum Gasteiger partial charge on any atom is -0.459 e. The van der Waals surface area contributed by atoms with Crippen LogP contribution in [0.2, 0.25) is 0 Å². The van der Waals surface area contributed by atoms with E-state index >= 15 is 0 Å². The zero-order chi connectivity index (χ0) is 18.1. The van der Waals surface area contributed by atoms with Gasteiger partial charge in [0.1, 0.15) is 0 Å². The van der Waals surface area contributed by atoms with Crippen LogP contribution in [-0.4, -0.2) is 18.1 Å². The van der Waals surface area contributed by atoms with Crippen molar-refractivity contribution in [3.8, 4) is 0 Å². The highest BCUT2D eigenvalue weighted by molar-refractivity contribution is 5.95. The fourth-order valence-corrected chi connectivity index (χ4v) is 2.48. The van der Waals surface area contributed by atoms with Crippen molar-refractivity contribution in [2.24, 2.45) is 0 Å². The monoisotopic (exact) mass is 338 g/mol. The molecule has 24 heavy (non-hydrogen) atoms. The van der Waals surface area contributed by atoms with E-state index in [2.05, 4.69) is 10.6 Å². The number of hydrogen-bond donors (Lipinski definition) is 2. The van der Waals surface area contributed by atoms with Crippen molar-refractivity contribution in [3.05, 3.63) is 46.7 Å². The summed E-state index contributed by atoms with van der Waals surface area (Å²) in [5.41, 5.74) is 0.726. The summed E-state index contributed by atoms with van der Waals surface area (Å²) in [6, 6.07) is 4.28. The predicted octanol–water partition coefficient (Wildman–Crippen LogP) is 3.38. The molecule has 0 aliphatic carbocycles. The Labute approximate surface area is 139 Å². The Hall–Kier alpha value is -2.44. The minimum absolute atomic E-state index is 0.193. The number of allylic oxidation sites excluding steroid dienone is 1. The van der Waals surface area contributed by atoms with Crippen molar-refractivity contribution in [1.82, 2.24) is 10.6 Å². The lowest BCUT2D eigenvalue weighted by Gasteiger charge is -2.29. The van der Waals surface area contributed by atoms with Crippen LogP contribution >= 0.6 is 0 Å². The Morgan fingerprint density at radius 3 is 2.58 bits per heavy atom. The number of alkyl halides is 2. The van der Waals surface area contributed by atoms with Gasteiger partial charge in [-0.15, -0.1) is 0 Å². The number of ether oxygens (including phenoxy) is 1. The summed E-state index contributed by atoms with van der Waals surface area (Å²) < 4.78 is 32.4. The molecule has 0 saturated carbocycles. The quantitative estimate of drug-likeness (QED) is 0.827. The highest BCUT2D eigenvalue weighted by Gasteiger charge is 2.34. The number of nitrogens with one attached hydrogen (secondary N) is 2. The number of esters is 1. The average molecular weight is 338 g/mol. The molecule has 130 valence electrons. The molecule has 0 fully saturated rings. The largest absolute Gasteiger partial charge is 0.459 e. The second kappa shape index (κ2) is 6.59. The maximum Gasteiger partial charge on any atom is 0.338 e. The molecule has 2 rings (SSSR count). The number of halogens is 2. The molecule has 1 heterocycles. The third-order valence-electron chi connectivity index (χ3n) is 3.56. The molecule has 5 nitrogen and oxygen atoms in total. The predicted molar refractivity (Wildman–Crippen MR) is 84.3 cm³/mol. The van der Waals surface area contributed by atoms with E-state index in [9.17, 15) is 18.4 Å². The van der Waals surface area contributed by atoms with Crippen molar-refractivity contribution in [3.63, 3.8) is 0 Å². The summed E-state index contributed by atoms with van der Waals surface area (Å²) in [4.78, 5) is 24.1. The number of carbonyl (C=O) groups excluding carboxylic acids is 2. The van der Waals surface area contributed by atoms with Gasteiger partial charge in [0.2, 0.25) is 0 Å². The van der Waals surface area contributed by atoms with Crippen molar-refractivity contribution in [2.75, 3.05) is 0 Å². The summed E-state index contributed by atoms with van der Waals surface area (Å²) in [5.74, 6) is -3.63. The number of carbonyl (C=O) groups is 2. The van der Waals surface area contributed by atoms with Gasteiger partial charge >= 0.3 is 12.0 Å². The lowest BCUT2D eigenvalue weighted by molar-refractivity contribution is -0.143. The third kappa shape index (κ3) is 3.90. The molecule has 0 radical (unpaired) electrons. The second-order valence-electron chi connectivity index (χ2n) is 6.04. The Morgan fingerprint density at radius 1 is 1.33 bits per heavy atom. The summed E-state index contributed by atoms with van der Waals surface area (Å²) >= 11 is 0. The lowest BCUT2D eigenvalue weighted by atomic mass is 9.93. The molecule has 1 aliphatic heterocycles. The van der Waals surface area contributed by atoms with E-state index < -0.39 is 24.0 Å². The number of rotatable bonds is 4. The maximum atomic E-state index is 13.6. The van der Waals surface area contributed by atoms with Gasteiger partial charge in [0.05, 0.1) is 17.7 Å². The van der Waals surface area contributed by atoms with Gasteiger partial charge in [-0.05, 0) is 32.4 Å². The van der Waals surface area contributed by atoms with Crippen LogP contribution in [0.15, 0.2) is 35.5 Å². The fraction of sp³-hybridized carbons (Fsp3) is 0.412. The smallest absolute Gasteiger partial charge is 0.338 e. The van der Waals surface area contributed by atoms with Crippen LogP contribution in [-0.2, 0) is 15.5 Å². The fourth-order valence-electron chi connectivity index (χ4n) is 2.48. The molecule has 0 aromatic heterocycles. The van der Waals surface area contributed by atoms with Crippen LogP contribution in [0, 0.1) is 0 Å². The van der Waals surface area contributed by atoms with Gasteiger partial charge in [0.25, 0.3) is 5.92 Å². The molecule has 1 aromatic carbocycles. The van der Waals surface area contributed by atoms with E-state index in [-0.39, 0.29) is 17.2 Å². The standard InChI is InChI=1S/C17H20F2N2O3/c1-9(2)24-15(22)13-10(3)20-16(23)21-14(13)11-6-5-7-12(8-11)17(4,18)19/h5-9,14H,1-4H3,(H2,20,21,23). The first kappa shape index (κ1) is 17.9. The molecule has 1 unspecified atom stereocenters. The Morgan fingerprint density at radius 2 is 2.00 bits per heavy atom. The Balaban J connectivity index is 2.47. The average Bonchev–Trinajstić information content (AvgIpc) is 2.44. The molecular weight excluding hydrogens is 318 g/mol. The zero-order valence-corrected chi connectivity index (χ0v) is 13.9. The number of hydrogen-bond acceptors (Lipinski definition) is 3. The molecule has 0 bridgehead atoms. The van der Waals surface area contributed by atoms with E-state index in [1.165, 1.54) is 18.2 Å². The summed E-state index contributed by atoms with van der Waals surface area (Å²) in [6.45, 7) is 5.77. The molecule has 1 aliphatic rings. The first-order valence-corrected chi connectivity index (χ1v) is 7.57. The molecular formula is C17H20F2N2O3. The van der Waals surface area contributed by atoms with Gasteiger partial charge in [0, 0.05) is 18.2 Å². The number of benzene rings is 1. The van der Waals surface area contributed by atoms with Crippen molar-refractivity contribution >= 4 is 12.0 Å². The van der Waals surface area contributed by atoms with E-state index in [0.717, 1.165) is 6.92 Å². The van der Waals surface area contributed by atoms with Crippen LogP contribution in [0.4, 0.5) is 13.6 Å². The van der Waals surface area contributed by atoms with Gasteiger partial charge in [0.15, 0.2) is 0 Å². The van der Waals surface area contributed by atoms with Crippen LogP contribution in [0.3, 0.4) is 0 Å². The van der Waals surface area contributed by atoms with Crippen LogP contribution in [0.5, 0.6) is 0 Å². The third-order valence-corrected chi connectivity index (χ3v) is 3.56. The second-order valence-corrected chi connectivity index (χ2v) is 6.04. The number of amides is 2. The first-order valence-electron chi connectivity index (χ1n) is 7.57. The molecule has 2 amide bonds. The number of urea groups is 1. The van der Waals surface area contributed by atoms with E-state index in [4.69, 9.17) is 4.74 Å². The van der Waals surface area contributed by atoms with Crippen LogP contribution < -0.4 is 10.6 Å². The highest BCUT2D eigenvalue weighted by atomic mass is 19.3.